The lowest BCUT2D eigenvalue weighted by molar-refractivity contribution is 0.464. The number of furan rings is 1. The van der Waals surface area contributed by atoms with Crippen LogP contribution in [0.25, 0.3) is 0 Å². The van der Waals surface area contributed by atoms with Crippen LogP contribution in [0.4, 0.5) is 0 Å². The van der Waals surface area contributed by atoms with Crippen molar-refractivity contribution in [2.24, 2.45) is 5.73 Å². The zero-order valence-electron chi connectivity index (χ0n) is 11.2. The summed E-state index contributed by atoms with van der Waals surface area (Å²) in [4.78, 5) is 11.5. The van der Waals surface area contributed by atoms with Crippen molar-refractivity contribution in [3.05, 3.63) is 34.1 Å². The lowest BCUT2D eigenvalue weighted by Crippen LogP contribution is -2.23. The maximum atomic E-state index is 11.5. The summed E-state index contributed by atoms with van der Waals surface area (Å²) in [5.74, 6) is 1.65. The van der Waals surface area contributed by atoms with Crippen LogP contribution >= 0.6 is 11.8 Å². The normalized spacial score (nSPS) is 14.5. The van der Waals surface area contributed by atoms with Crippen LogP contribution < -0.4 is 11.4 Å². The van der Waals surface area contributed by atoms with Crippen molar-refractivity contribution in [2.75, 3.05) is 0 Å². The number of thioether (sulfide) groups is 1. The molecule has 0 aliphatic rings. The fourth-order valence-corrected chi connectivity index (χ4v) is 2.94. The van der Waals surface area contributed by atoms with E-state index in [0.717, 1.165) is 11.5 Å². The third-order valence-corrected chi connectivity index (χ3v) is 4.23. The number of nitrogens with zero attached hydrogens (tertiary/aromatic N) is 2. The summed E-state index contributed by atoms with van der Waals surface area (Å²) in [6.45, 7) is 6.28. The average Bonchev–Trinajstić information content (AvgIpc) is 2.92. The van der Waals surface area contributed by atoms with Crippen molar-refractivity contribution in [3.8, 4) is 0 Å². The van der Waals surface area contributed by atoms with Gasteiger partial charge in [-0.3, -0.25) is 4.57 Å². The first-order chi connectivity index (χ1) is 9.02. The van der Waals surface area contributed by atoms with Crippen LogP contribution in [0.15, 0.2) is 26.5 Å². The van der Waals surface area contributed by atoms with E-state index < -0.39 is 0 Å². The van der Waals surface area contributed by atoms with E-state index in [2.05, 4.69) is 10.2 Å². The predicted molar refractivity (Wildman–Crippen MR) is 74.2 cm³/mol. The maximum Gasteiger partial charge on any atom is 0.343 e. The molecule has 2 aromatic rings. The molecular weight excluding hydrogens is 264 g/mol. The molecule has 2 unspecified atom stereocenters. The van der Waals surface area contributed by atoms with Gasteiger partial charge in [0, 0.05) is 12.6 Å². The van der Waals surface area contributed by atoms with Gasteiger partial charge in [0.1, 0.15) is 11.5 Å². The summed E-state index contributed by atoms with van der Waals surface area (Å²) >= 11 is 1.44. The highest BCUT2D eigenvalue weighted by atomic mass is 32.2. The Balaban J connectivity index is 2.29. The Labute approximate surface area is 115 Å². The fraction of sp³-hybridized carbons (Fsp3) is 0.500. The minimum Gasteiger partial charge on any atom is -0.465 e. The van der Waals surface area contributed by atoms with Gasteiger partial charge in [0.15, 0.2) is 5.16 Å². The Morgan fingerprint density at radius 1 is 1.58 bits per heavy atom. The molecule has 0 aromatic carbocycles. The summed E-state index contributed by atoms with van der Waals surface area (Å²) in [6, 6.07) is 3.70. The largest absolute Gasteiger partial charge is 0.465 e. The van der Waals surface area contributed by atoms with Gasteiger partial charge in [-0.25, -0.2) is 9.89 Å². The Kier molecular flexibility index (Phi) is 4.16. The Morgan fingerprint density at radius 3 is 2.84 bits per heavy atom. The van der Waals surface area contributed by atoms with E-state index in [1.807, 2.05) is 32.9 Å². The molecule has 0 saturated carbocycles. The van der Waals surface area contributed by atoms with Gasteiger partial charge in [-0.2, -0.15) is 0 Å². The topological polar surface area (TPSA) is 89.8 Å². The number of nitrogens with two attached hydrogens (primary N) is 1. The van der Waals surface area contributed by atoms with Gasteiger partial charge in [-0.1, -0.05) is 11.8 Å². The standard InChI is InChI=1S/C12H18N4O2S/c1-4-16-11(17)14-15-12(16)19-10(8(3)13)9-6-5-7(2)18-9/h5-6,8,10H,4,13H2,1-3H3,(H,14,17). The van der Waals surface area contributed by atoms with Crippen molar-refractivity contribution in [3.63, 3.8) is 0 Å². The molecule has 3 N–H and O–H groups in total. The van der Waals surface area contributed by atoms with Gasteiger partial charge < -0.3 is 10.2 Å². The van der Waals surface area contributed by atoms with Crippen LogP contribution in [0.5, 0.6) is 0 Å². The first-order valence-electron chi connectivity index (χ1n) is 6.16. The van der Waals surface area contributed by atoms with Crippen LogP contribution in [0.3, 0.4) is 0 Å². The molecule has 2 heterocycles. The summed E-state index contributed by atoms with van der Waals surface area (Å²) in [5, 5.41) is 7.04. The summed E-state index contributed by atoms with van der Waals surface area (Å²) < 4.78 is 7.21. The molecule has 19 heavy (non-hydrogen) atoms. The number of hydrogen-bond acceptors (Lipinski definition) is 5. The fourth-order valence-electron chi connectivity index (χ4n) is 1.82. The van der Waals surface area contributed by atoms with Crippen molar-refractivity contribution in [1.29, 1.82) is 0 Å². The molecular formula is C12H18N4O2S. The molecule has 6 nitrogen and oxygen atoms in total. The molecule has 104 valence electrons. The van der Waals surface area contributed by atoms with Gasteiger partial charge in [0.05, 0.1) is 5.25 Å². The number of aromatic amines is 1. The van der Waals surface area contributed by atoms with Crippen LogP contribution in [0.2, 0.25) is 0 Å². The lowest BCUT2D eigenvalue weighted by atomic mass is 10.2. The van der Waals surface area contributed by atoms with Gasteiger partial charge in [0.2, 0.25) is 0 Å². The van der Waals surface area contributed by atoms with Crippen LogP contribution in [0, 0.1) is 6.92 Å². The van der Waals surface area contributed by atoms with Gasteiger partial charge in [0.25, 0.3) is 0 Å². The van der Waals surface area contributed by atoms with E-state index in [9.17, 15) is 4.79 Å². The van der Waals surface area contributed by atoms with E-state index in [4.69, 9.17) is 10.2 Å². The van der Waals surface area contributed by atoms with E-state index in [-0.39, 0.29) is 17.0 Å². The Bertz CT molecular complexity index is 599. The lowest BCUT2D eigenvalue weighted by Gasteiger charge is -2.17. The van der Waals surface area contributed by atoms with Crippen LogP contribution in [-0.4, -0.2) is 20.8 Å². The first-order valence-corrected chi connectivity index (χ1v) is 7.04. The number of H-pyrrole nitrogens is 1. The smallest absolute Gasteiger partial charge is 0.343 e. The average molecular weight is 282 g/mol. The maximum absolute atomic E-state index is 11.5. The predicted octanol–water partition coefficient (Wildman–Crippen LogP) is 1.67. The van der Waals surface area contributed by atoms with Gasteiger partial charge in [-0.05, 0) is 32.9 Å². The van der Waals surface area contributed by atoms with E-state index in [0.29, 0.717) is 11.7 Å². The van der Waals surface area contributed by atoms with E-state index >= 15 is 0 Å². The minimum atomic E-state index is -0.205. The Morgan fingerprint density at radius 2 is 2.32 bits per heavy atom. The zero-order chi connectivity index (χ0) is 14.0. The van der Waals surface area contributed by atoms with Crippen LogP contribution in [-0.2, 0) is 6.54 Å². The zero-order valence-corrected chi connectivity index (χ0v) is 12.0. The van der Waals surface area contributed by atoms with Crippen molar-refractivity contribution < 1.29 is 4.42 Å². The summed E-state index contributed by atoms with van der Waals surface area (Å²) in [5.41, 5.74) is 5.81. The summed E-state index contributed by atoms with van der Waals surface area (Å²) in [7, 11) is 0. The highest BCUT2D eigenvalue weighted by Gasteiger charge is 2.24. The molecule has 0 amide bonds. The molecule has 0 radical (unpaired) electrons. The number of aryl methyl sites for hydroxylation is 1. The third kappa shape index (κ3) is 2.93. The summed E-state index contributed by atoms with van der Waals surface area (Å²) in [6.07, 6.45) is 0. The molecule has 0 fully saturated rings. The molecule has 2 aromatic heterocycles. The second-order valence-electron chi connectivity index (χ2n) is 4.40. The van der Waals surface area contributed by atoms with Crippen molar-refractivity contribution in [1.82, 2.24) is 14.8 Å². The second kappa shape index (κ2) is 5.66. The van der Waals surface area contributed by atoms with Gasteiger partial charge >= 0.3 is 5.69 Å². The highest BCUT2D eigenvalue weighted by Crippen LogP contribution is 2.36. The van der Waals surface area contributed by atoms with Crippen LogP contribution in [0.1, 0.15) is 30.6 Å². The monoisotopic (exact) mass is 282 g/mol. The number of hydrogen-bond donors (Lipinski definition) is 2. The molecule has 7 heteroatoms. The second-order valence-corrected chi connectivity index (χ2v) is 5.51. The minimum absolute atomic E-state index is 0.0748. The number of nitrogens with one attached hydrogen (secondary N) is 1. The van der Waals surface area contributed by atoms with Gasteiger partial charge in [-0.15, -0.1) is 5.10 Å². The molecule has 0 saturated heterocycles. The first kappa shape index (κ1) is 14.0. The van der Waals surface area contributed by atoms with E-state index in [1.165, 1.54) is 11.8 Å². The molecule has 0 spiro atoms. The highest BCUT2D eigenvalue weighted by molar-refractivity contribution is 7.99. The number of aromatic nitrogens is 3. The SMILES string of the molecule is CCn1c(SC(c2ccc(C)o2)C(C)N)n[nH]c1=O. The van der Waals surface area contributed by atoms with Crippen molar-refractivity contribution >= 4 is 11.8 Å². The molecule has 0 aliphatic heterocycles. The molecule has 2 atom stereocenters. The molecule has 0 aliphatic carbocycles. The van der Waals surface area contributed by atoms with E-state index in [1.54, 1.807) is 4.57 Å². The number of rotatable bonds is 5. The molecule has 0 bridgehead atoms. The Hall–Kier alpha value is -1.47. The van der Waals surface area contributed by atoms with Crippen molar-refractivity contribution in [2.45, 2.75) is 43.8 Å². The third-order valence-electron chi connectivity index (χ3n) is 2.79. The quantitative estimate of drug-likeness (QED) is 0.814. The molecule has 2 rings (SSSR count).